The van der Waals surface area contributed by atoms with Crippen molar-refractivity contribution in [3.63, 3.8) is 0 Å². The van der Waals surface area contributed by atoms with Crippen molar-refractivity contribution < 1.29 is 19.2 Å². The Morgan fingerprint density at radius 2 is 0.570 bits per heavy atom. The summed E-state index contributed by atoms with van der Waals surface area (Å²) in [6, 6.07) is 30.9. The molecule has 0 N–H and O–H groups in total. The summed E-state index contributed by atoms with van der Waals surface area (Å²) in [5.41, 5.74) is 10.1. The normalized spacial score (nSPS) is 15.2. The number of aromatic nitrogens is 1. The van der Waals surface area contributed by atoms with E-state index in [-0.39, 0.29) is 23.6 Å². The maximum Gasteiger partial charge on any atom is 0.261 e. The molecule has 0 radical (unpaired) electrons. The first-order chi connectivity index (χ1) is 45.7. The first-order valence-electron chi connectivity index (χ1n) is 36.3. The van der Waals surface area contributed by atoms with Crippen LogP contribution in [0.1, 0.15) is 247 Å². The molecule has 9 nitrogen and oxygen atoms in total. The van der Waals surface area contributed by atoms with Gasteiger partial charge in [0.15, 0.2) is 0 Å². The summed E-state index contributed by atoms with van der Waals surface area (Å²) in [7, 11) is 0. The maximum atomic E-state index is 15.2. The number of amides is 4. The van der Waals surface area contributed by atoms with E-state index in [4.69, 9.17) is 0 Å². The fraction of sp³-hybridized carbons (Fsp3) is 0.500. The first-order valence-corrected chi connectivity index (χ1v) is 39.7. The van der Waals surface area contributed by atoms with Crippen LogP contribution in [0.5, 0.6) is 0 Å². The third-order valence-electron chi connectivity index (χ3n) is 19.7. The van der Waals surface area contributed by atoms with Crippen LogP contribution < -0.4 is 0 Å². The summed E-state index contributed by atoms with van der Waals surface area (Å²) >= 11 is 6.60. The zero-order chi connectivity index (χ0) is 64.6. The van der Waals surface area contributed by atoms with E-state index >= 15 is 19.2 Å². The SMILES string of the molecule is CCCCCCCCN1C(=O)C2=C(c3ccc(-c4ccc5c(c4)c4cc(-c6ccc(C7=C8C(=O)N(CCCCCCCC)C(c9cccs9)=C8C(=O)N7CCCCCCCC)s6)ccc4n5CCCCCCCC)s3)N(CCCCCCCC)C(=O)C2=C1c1cccs1. The molecule has 11 rings (SSSR count). The van der Waals surface area contributed by atoms with E-state index in [0.29, 0.717) is 48.5 Å². The van der Waals surface area contributed by atoms with E-state index in [2.05, 4.69) is 123 Å². The van der Waals surface area contributed by atoms with Gasteiger partial charge in [-0.15, -0.1) is 45.3 Å². The van der Waals surface area contributed by atoms with E-state index in [1.54, 1.807) is 45.3 Å². The van der Waals surface area contributed by atoms with Crippen LogP contribution in [0.4, 0.5) is 0 Å². The molecule has 9 heterocycles. The van der Waals surface area contributed by atoms with Crippen LogP contribution >= 0.6 is 45.3 Å². The highest BCUT2D eigenvalue weighted by Gasteiger charge is 2.51. The topological polar surface area (TPSA) is 86.2 Å². The Balaban J connectivity index is 0.958. The largest absolute Gasteiger partial charge is 0.340 e. The lowest BCUT2D eigenvalue weighted by Crippen LogP contribution is -2.30. The summed E-state index contributed by atoms with van der Waals surface area (Å²) in [4.78, 5) is 74.6. The summed E-state index contributed by atoms with van der Waals surface area (Å²) in [5, 5.41) is 6.51. The number of hydrogen-bond acceptors (Lipinski definition) is 8. The molecular weight excluding hydrogens is 1220 g/mol. The monoisotopic (exact) mass is 1320 g/mol. The highest BCUT2D eigenvalue weighted by atomic mass is 32.1. The summed E-state index contributed by atoms with van der Waals surface area (Å²) in [6.45, 7) is 14.6. The van der Waals surface area contributed by atoms with Gasteiger partial charge in [0.2, 0.25) is 0 Å². The van der Waals surface area contributed by atoms with Crippen LogP contribution in [0.3, 0.4) is 0 Å². The lowest BCUT2D eigenvalue weighted by molar-refractivity contribution is -0.124. The standard InChI is InChI=1S/C80H101N5O4S4/c1-6-11-16-21-26-31-48-81-61-42-40-57(63-44-46-67(92-63)75-71-69(77(86)84(75)51-34-29-24-19-14-9-4)73(65-38-36-53-90-65)82(79(71)88)49-32-27-22-17-12-7-2)55-59(61)60-56-58(41-43-62(60)81)64-45-47-68(93-64)76-72-70(78(87)85(76)52-35-30-25-20-15-10-5)74(66-39-37-54-91-66)83(80(72)89)50-33-28-23-18-13-8-3/h36-47,53-56H,6-35,48-52H2,1-5H3. The van der Waals surface area contributed by atoms with Gasteiger partial charge in [0.25, 0.3) is 23.6 Å². The van der Waals surface area contributed by atoms with Gasteiger partial charge in [0.05, 0.1) is 64.6 Å². The van der Waals surface area contributed by atoms with Crippen LogP contribution in [0.15, 0.2) is 118 Å². The molecular formula is C80H101N5O4S4. The number of benzene rings is 2. The predicted octanol–water partition coefficient (Wildman–Crippen LogP) is 22.8. The first kappa shape index (κ1) is 68.3. The molecule has 4 aliphatic heterocycles. The predicted molar refractivity (Wildman–Crippen MR) is 396 cm³/mol. The van der Waals surface area contributed by atoms with E-state index < -0.39 is 0 Å². The number of rotatable bonds is 41. The molecule has 0 fully saturated rings. The number of aryl methyl sites for hydroxylation is 1. The molecule has 93 heavy (non-hydrogen) atoms. The Morgan fingerprint density at radius 3 is 0.871 bits per heavy atom. The number of unbranched alkanes of at least 4 members (excludes halogenated alkanes) is 25. The molecule has 0 aliphatic carbocycles. The Morgan fingerprint density at radius 1 is 0.290 bits per heavy atom. The molecule has 2 aromatic carbocycles. The minimum absolute atomic E-state index is 0.0409. The van der Waals surface area contributed by atoms with Crippen molar-refractivity contribution in [2.45, 2.75) is 234 Å². The molecule has 0 spiro atoms. The van der Waals surface area contributed by atoms with Gasteiger partial charge in [-0.2, -0.15) is 0 Å². The van der Waals surface area contributed by atoms with Crippen molar-refractivity contribution in [3.8, 4) is 20.9 Å². The van der Waals surface area contributed by atoms with Crippen molar-refractivity contribution in [2.24, 2.45) is 0 Å². The van der Waals surface area contributed by atoms with Crippen LogP contribution in [-0.2, 0) is 25.7 Å². The van der Waals surface area contributed by atoms with Gasteiger partial charge in [-0.3, -0.25) is 19.2 Å². The highest BCUT2D eigenvalue weighted by molar-refractivity contribution is 7.17. The molecule has 0 unspecified atom stereocenters. The second-order valence-corrected chi connectivity index (χ2v) is 30.5. The molecule has 494 valence electrons. The molecule has 0 bridgehead atoms. The number of carbonyl (C=O) groups is 4. The second kappa shape index (κ2) is 33.5. The molecule has 5 aromatic heterocycles. The molecule has 0 saturated carbocycles. The van der Waals surface area contributed by atoms with Gasteiger partial charge in [-0.05, 0) is 115 Å². The Hall–Kier alpha value is -6.12. The molecule has 7 aromatic rings. The third-order valence-corrected chi connectivity index (χ3v) is 23.7. The van der Waals surface area contributed by atoms with Crippen molar-refractivity contribution in [3.05, 3.63) is 137 Å². The number of thiophene rings is 4. The van der Waals surface area contributed by atoms with Crippen molar-refractivity contribution in [1.29, 1.82) is 0 Å². The van der Waals surface area contributed by atoms with E-state index in [9.17, 15) is 0 Å². The molecule has 13 heteroatoms. The zero-order valence-electron chi connectivity index (χ0n) is 56.5. The van der Waals surface area contributed by atoms with Gasteiger partial charge in [0.1, 0.15) is 0 Å². The Labute approximate surface area is 571 Å². The smallest absolute Gasteiger partial charge is 0.261 e. The fourth-order valence-corrected chi connectivity index (χ4v) is 18.3. The molecule has 0 saturated heterocycles. The lowest BCUT2D eigenvalue weighted by Gasteiger charge is -2.24. The van der Waals surface area contributed by atoms with E-state index in [0.717, 1.165) is 153 Å². The van der Waals surface area contributed by atoms with Gasteiger partial charge < -0.3 is 24.2 Å². The number of carbonyl (C=O) groups excluding carboxylic acids is 4. The minimum Gasteiger partial charge on any atom is -0.340 e. The van der Waals surface area contributed by atoms with Gasteiger partial charge in [-0.1, -0.05) is 219 Å². The highest BCUT2D eigenvalue weighted by Crippen LogP contribution is 2.52. The van der Waals surface area contributed by atoms with Gasteiger partial charge in [-0.25, -0.2) is 0 Å². The summed E-state index contributed by atoms with van der Waals surface area (Å²) in [6.07, 6.45) is 34.2. The zero-order valence-corrected chi connectivity index (χ0v) is 59.8. The van der Waals surface area contributed by atoms with E-state index in [1.807, 2.05) is 31.7 Å². The minimum atomic E-state index is -0.0409. The van der Waals surface area contributed by atoms with Gasteiger partial charge >= 0.3 is 0 Å². The van der Waals surface area contributed by atoms with Crippen molar-refractivity contribution in [2.75, 3.05) is 26.2 Å². The summed E-state index contributed by atoms with van der Waals surface area (Å²) < 4.78 is 2.54. The lowest BCUT2D eigenvalue weighted by atomic mass is 10.1. The maximum absolute atomic E-state index is 15.2. The van der Waals surface area contributed by atoms with Crippen LogP contribution in [0.2, 0.25) is 0 Å². The molecule has 4 aliphatic rings. The Bertz CT molecular complexity index is 3590. The fourth-order valence-electron chi connectivity index (χ4n) is 14.6. The van der Waals surface area contributed by atoms with E-state index in [1.165, 1.54) is 131 Å². The molecule has 4 amide bonds. The summed E-state index contributed by atoms with van der Waals surface area (Å²) in [5.74, 6) is -0.163. The van der Waals surface area contributed by atoms with Crippen molar-refractivity contribution >= 4 is 114 Å². The van der Waals surface area contributed by atoms with Gasteiger partial charge in [0, 0.05) is 64.3 Å². The average molecular weight is 1320 g/mol. The van der Waals surface area contributed by atoms with Crippen LogP contribution in [0.25, 0.3) is 65.5 Å². The Kier molecular flexibility index (Phi) is 24.6. The van der Waals surface area contributed by atoms with Crippen molar-refractivity contribution in [1.82, 2.24) is 24.2 Å². The second-order valence-electron chi connectivity index (χ2n) is 26.5. The number of fused-ring (bicyclic) bond motifs is 5. The third kappa shape index (κ3) is 15.1. The quantitative estimate of drug-likeness (QED) is 0.0357. The van der Waals surface area contributed by atoms with Crippen LogP contribution in [0, 0.1) is 0 Å². The number of hydrogen-bond donors (Lipinski definition) is 0. The average Bonchev–Trinajstić information content (AvgIpc) is 1.57. The molecule has 0 atom stereocenters. The van der Waals surface area contributed by atoms with Crippen LogP contribution in [-0.4, -0.2) is 74.0 Å². The number of nitrogens with zero attached hydrogens (tertiary/aromatic N) is 5.